The molecule has 2 aromatic carbocycles. The Morgan fingerprint density at radius 3 is 2.41 bits per heavy atom. The van der Waals surface area contributed by atoms with Crippen LogP contribution in [0, 0.1) is 12.8 Å². The summed E-state index contributed by atoms with van der Waals surface area (Å²) in [6.45, 7) is 3.65. The van der Waals surface area contributed by atoms with E-state index in [1.54, 1.807) is 4.90 Å². The van der Waals surface area contributed by atoms with Gasteiger partial charge in [0.05, 0.1) is 5.92 Å². The van der Waals surface area contributed by atoms with E-state index < -0.39 is 0 Å². The van der Waals surface area contributed by atoms with Crippen LogP contribution in [0.1, 0.15) is 23.1 Å². The molecule has 0 radical (unpaired) electrons. The molecule has 0 saturated carbocycles. The first kappa shape index (κ1) is 20.8. The molecule has 1 atom stereocenters. The van der Waals surface area contributed by atoms with Gasteiger partial charge in [0, 0.05) is 31.7 Å². The fourth-order valence-corrected chi connectivity index (χ4v) is 3.17. The summed E-state index contributed by atoms with van der Waals surface area (Å²) < 4.78 is 0. The molecule has 1 saturated heterocycles. The van der Waals surface area contributed by atoms with Crippen molar-refractivity contribution in [1.82, 2.24) is 10.2 Å². The van der Waals surface area contributed by atoms with Crippen LogP contribution in [-0.2, 0) is 22.6 Å². The zero-order chi connectivity index (χ0) is 18.5. The number of nitrogens with zero attached hydrogens (tertiary/aromatic N) is 1. The van der Waals surface area contributed by atoms with Crippen LogP contribution in [0.2, 0.25) is 0 Å². The smallest absolute Gasteiger partial charge is 0.225 e. The normalized spacial score (nSPS) is 16.1. The molecule has 2 amide bonds. The van der Waals surface area contributed by atoms with Crippen LogP contribution in [0.25, 0.3) is 0 Å². The lowest BCUT2D eigenvalue weighted by molar-refractivity contribution is -0.129. The third kappa shape index (κ3) is 5.73. The number of carbonyl (C=O) groups excluding carboxylic acids is 2. The van der Waals surface area contributed by atoms with Crippen molar-refractivity contribution in [2.24, 2.45) is 5.92 Å². The van der Waals surface area contributed by atoms with Gasteiger partial charge in [-0.05, 0) is 36.6 Å². The molecule has 1 aliphatic heterocycles. The molecule has 3 N–H and O–H groups in total. The molecule has 0 aromatic heterocycles. The van der Waals surface area contributed by atoms with Crippen LogP contribution in [0.3, 0.4) is 0 Å². The lowest BCUT2D eigenvalue weighted by Crippen LogP contribution is -2.34. The van der Waals surface area contributed by atoms with Gasteiger partial charge < -0.3 is 16.0 Å². The largest absolute Gasteiger partial charge is 0.399 e. The minimum atomic E-state index is -0.264. The number of likely N-dealkylation sites (tertiary alicyclic amines) is 1. The Morgan fingerprint density at radius 1 is 1.11 bits per heavy atom. The fraction of sp³-hybridized carbons (Fsp3) is 0.333. The van der Waals surface area contributed by atoms with E-state index in [4.69, 9.17) is 5.73 Å². The summed E-state index contributed by atoms with van der Waals surface area (Å²) in [6.07, 6.45) is 1.04. The molecule has 0 aliphatic carbocycles. The third-order valence-corrected chi connectivity index (χ3v) is 4.77. The minimum Gasteiger partial charge on any atom is -0.399 e. The Balaban J connectivity index is 0.00000261. The molecule has 27 heavy (non-hydrogen) atoms. The highest BCUT2D eigenvalue weighted by Crippen LogP contribution is 2.20. The molecular weight excluding hydrogens is 362 g/mol. The van der Waals surface area contributed by atoms with Crippen LogP contribution >= 0.6 is 12.4 Å². The molecule has 2 aromatic rings. The van der Waals surface area contributed by atoms with E-state index in [0.717, 1.165) is 23.2 Å². The molecule has 6 heteroatoms. The average molecular weight is 388 g/mol. The Bertz CT molecular complexity index is 775. The van der Waals surface area contributed by atoms with Gasteiger partial charge in [0.15, 0.2) is 0 Å². The minimum absolute atomic E-state index is 0. The molecule has 5 nitrogen and oxygen atoms in total. The van der Waals surface area contributed by atoms with Crippen molar-refractivity contribution >= 4 is 29.9 Å². The Morgan fingerprint density at radius 2 is 1.74 bits per heavy atom. The summed E-state index contributed by atoms with van der Waals surface area (Å²) in [7, 11) is 0. The number of aryl methyl sites for hydroxylation is 1. The lowest BCUT2D eigenvalue weighted by atomic mass is 10.1. The van der Waals surface area contributed by atoms with Crippen LogP contribution in [0.5, 0.6) is 0 Å². The highest BCUT2D eigenvalue weighted by atomic mass is 35.5. The summed E-state index contributed by atoms with van der Waals surface area (Å²) >= 11 is 0. The van der Waals surface area contributed by atoms with Crippen LogP contribution in [0.15, 0.2) is 48.5 Å². The quantitative estimate of drug-likeness (QED) is 0.748. The standard InChI is InChI=1S/C21H25N3O2.ClH/c1-15-2-4-17(5-3-15)13-24-14-18(12-20(24)25)21(26)23-11-10-16-6-8-19(22)9-7-16;/h2-9,18H,10-14,22H2,1H3,(H,23,26);1H. The Labute approximate surface area is 166 Å². The van der Waals surface area contributed by atoms with Crippen molar-refractivity contribution in [3.63, 3.8) is 0 Å². The number of nitrogens with one attached hydrogen (secondary N) is 1. The van der Waals surface area contributed by atoms with Crippen LogP contribution in [-0.4, -0.2) is 29.8 Å². The first-order chi connectivity index (χ1) is 12.5. The van der Waals surface area contributed by atoms with Gasteiger partial charge in [-0.25, -0.2) is 0 Å². The second-order valence-electron chi connectivity index (χ2n) is 6.94. The number of nitrogen functional groups attached to an aromatic ring is 1. The first-order valence-electron chi connectivity index (χ1n) is 8.97. The van der Waals surface area contributed by atoms with Crippen molar-refractivity contribution in [3.05, 3.63) is 65.2 Å². The zero-order valence-electron chi connectivity index (χ0n) is 15.5. The molecular formula is C21H26ClN3O2. The number of hydrogen-bond acceptors (Lipinski definition) is 3. The predicted molar refractivity (Wildman–Crippen MR) is 110 cm³/mol. The topological polar surface area (TPSA) is 75.4 Å². The van der Waals surface area contributed by atoms with E-state index in [1.165, 1.54) is 5.56 Å². The van der Waals surface area contributed by atoms with E-state index >= 15 is 0 Å². The fourth-order valence-electron chi connectivity index (χ4n) is 3.17. The number of amides is 2. The molecule has 144 valence electrons. The highest BCUT2D eigenvalue weighted by Gasteiger charge is 2.33. The second-order valence-corrected chi connectivity index (χ2v) is 6.94. The first-order valence-corrected chi connectivity index (χ1v) is 8.97. The van der Waals surface area contributed by atoms with E-state index in [9.17, 15) is 9.59 Å². The van der Waals surface area contributed by atoms with Gasteiger partial charge in [-0.2, -0.15) is 0 Å². The van der Waals surface area contributed by atoms with Crippen molar-refractivity contribution in [1.29, 1.82) is 0 Å². The van der Waals surface area contributed by atoms with Crippen molar-refractivity contribution in [2.45, 2.75) is 26.3 Å². The number of nitrogens with two attached hydrogens (primary N) is 1. The van der Waals surface area contributed by atoms with Gasteiger partial charge in [0.25, 0.3) is 0 Å². The summed E-state index contributed by atoms with van der Waals surface area (Å²) in [6, 6.07) is 15.8. The van der Waals surface area contributed by atoms with Gasteiger partial charge >= 0.3 is 0 Å². The molecule has 1 heterocycles. The monoisotopic (exact) mass is 387 g/mol. The lowest BCUT2D eigenvalue weighted by Gasteiger charge is -2.17. The van der Waals surface area contributed by atoms with Crippen LogP contribution in [0.4, 0.5) is 5.69 Å². The summed E-state index contributed by atoms with van der Waals surface area (Å²) in [5.74, 6) is -0.260. The average Bonchev–Trinajstić information content (AvgIpc) is 2.99. The van der Waals surface area contributed by atoms with Gasteiger partial charge in [-0.3, -0.25) is 9.59 Å². The predicted octanol–water partition coefficient (Wildman–Crippen LogP) is 2.71. The second kappa shape index (κ2) is 9.42. The number of anilines is 1. The maximum absolute atomic E-state index is 12.4. The van der Waals surface area contributed by atoms with Crippen LogP contribution < -0.4 is 11.1 Å². The third-order valence-electron chi connectivity index (χ3n) is 4.77. The van der Waals surface area contributed by atoms with Crippen molar-refractivity contribution < 1.29 is 9.59 Å². The summed E-state index contributed by atoms with van der Waals surface area (Å²) in [4.78, 5) is 26.4. The maximum Gasteiger partial charge on any atom is 0.225 e. The molecule has 1 aliphatic rings. The molecule has 0 bridgehead atoms. The van der Waals surface area contributed by atoms with Crippen molar-refractivity contribution in [3.8, 4) is 0 Å². The highest BCUT2D eigenvalue weighted by molar-refractivity contribution is 5.89. The Kier molecular flexibility index (Phi) is 7.25. The van der Waals surface area contributed by atoms with Gasteiger partial charge in [-0.15, -0.1) is 12.4 Å². The number of hydrogen-bond donors (Lipinski definition) is 2. The van der Waals surface area contributed by atoms with E-state index in [1.807, 2.05) is 55.5 Å². The van der Waals surface area contributed by atoms with Gasteiger partial charge in [0.2, 0.25) is 11.8 Å². The Hall–Kier alpha value is -2.53. The number of halogens is 1. The molecule has 1 fully saturated rings. The van der Waals surface area contributed by atoms with Gasteiger partial charge in [-0.1, -0.05) is 42.0 Å². The molecule has 1 unspecified atom stereocenters. The zero-order valence-corrected chi connectivity index (χ0v) is 16.3. The molecule has 3 rings (SSSR count). The number of benzene rings is 2. The number of rotatable bonds is 6. The molecule has 0 spiro atoms. The summed E-state index contributed by atoms with van der Waals surface area (Å²) in [5.41, 5.74) is 9.81. The van der Waals surface area contributed by atoms with Gasteiger partial charge in [0.1, 0.15) is 0 Å². The SMILES string of the molecule is Cc1ccc(CN2CC(C(=O)NCCc3ccc(N)cc3)CC2=O)cc1.Cl. The van der Waals surface area contributed by atoms with E-state index in [0.29, 0.717) is 26.1 Å². The maximum atomic E-state index is 12.4. The van der Waals surface area contributed by atoms with Crippen molar-refractivity contribution in [2.75, 3.05) is 18.8 Å². The van der Waals surface area contributed by atoms with E-state index in [-0.39, 0.29) is 30.1 Å². The number of carbonyl (C=O) groups is 2. The van der Waals surface area contributed by atoms with E-state index in [2.05, 4.69) is 5.32 Å². The summed E-state index contributed by atoms with van der Waals surface area (Å²) in [5, 5.41) is 2.95.